The highest BCUT2D eigenvalue weighted by molar-refractivity contribution is 5.85. The molecule has 1 N–H and O–H groups in total. The first-order valence-corrected chi connectivity index (χ1v) is 5.19. The van der Waals surface area contributed by atoms with E-state index in [1.807, 2.05) is 0 Å². The van der Waals surface area contributed by atoms with Crippen molar-refractivity contribution in [1.29, 1.82) is 0 Å². The van der Waals surface area contributed by atoms with Crippen LogP contribution in [0, 0.1) is 15.9 Å². The van der Waals surface area contributed by atoms with E-state index >= 15 is 0 Å². The average Bonchev–Trinajstić information content (AvgIpc) is 2.30. The summed E-state index contributed by atoms with van der Waals surface area (Å²) in [5.74, 6) is -1.79. The van der Waals surface area contributed by atoms with Crippen LogP contribution in [0.2, 0.25) is 0 Å². The van der Waals surface area contributed by atoms with Crippen LogP contribution in [0.3, 0.4) is 0 Å². The molecule has 0 amide bonds. The molecule has 0 radical (unpaired) electrons. The van der Waals surface area contributed by atoms with Crippen LogP contribution in [0.5, 0.6) is 0 Å². The van der Waals surface area contributed by atoms with Crippen molar-refractivity contribution in [3.8, 4) is 0 Å². The zero-order valence-electron chi connectivity index (χ0n) is 10.4. The van der Waals surface area contributed by atoms with Gasteiger partial charge in [0.15, 0.2) is 0 Å². The smallest absolute Gasteiger partial charge is 0.320 e. The number of hydrogen-bond donors (Lipinski definition) is 1. The lowest BCUT2D eigenvalue weighted by Crippen LogP contribution is -2.35. The van der Waals surface area contributed by atoms with Gasteiger partial charge < -0.3 is 5.11 Å². The highest BCUT2D eigenvalue weighted by Crippen LogP contribution is 2.23. The maximum atomic E-state index is 13.6. The second-order valence-corrected chi connectivity index (χ2v) is 3.92. The predicted molar refractivity (Wildman–Crippen MR) is 68.9 cm³/mol. The summed E-state index contributed by atoms with van der Waals surface area (Å²) in [5.41, 5.74) is -0.461. The molecule has 0 fully saturated rings. The molecule has 106 valence electrons. The number of halogens is 2. The topological polar surface area (TPSA) is 83.7 Å². The summed E-state index contributed by atoms with van der Waals surface area (Å²) in [6, 6.07) is 2.70. The van der Waals surface area contributed by atoms with E-state index in [0.717, 1.165) is 6.07 Å². The van der Waals surface area contributed by atoms with Crippen molar-refractivity contribution in [1.82, 2.24) is 4.90 Å². The van der Waals surface area contributed by atoms with Gasteiger partial charge in [-0.15, -0.1) is 12.4 Å². The van der Waals surface area contributed by atoms with Crippen molar-refractivity contribution in [2.75, 3.05) is 7.05 Å². The zero-order chi connectivity index (χ0) is 13.9. The molecule has 0 aliphatic heterocycles. The third kappa shape index (κ3) is 4.15. The monoisotopic (exact) mass is 292 g/mol. The lowest BCUT2D eigenvalue weighted by Gasteiger charge is -2.21. The first-order chi connectivity index (χ1) is 8.34. The number of carboxylic acids is 1. The Morgan fingerprint density at radius 3 is 2.63 bits per heavy atom. The quantitative estimate of drug-likeness (QED) is 0.663. The number of aliphatic carboxylic acids is 1. The molecule has 0 saturated heterocycles. The standard InChI is InChI=1S/C11H13FN2O4.ClH/c1-7(11(15)16)13(2)6-8-9(12)4-3-5-10(8)14(17)18;/h3-5,7H,6H2,1-2H3,(H,15,16);1H. The van der Waals surface area contributed by atoms with Crippen LogP contribution in [0.4, 0.5) is 10.1 Å². The number of hydrogen-bond acceptors (Lipinski definition) is 4. The normalized spacial score (nSPS) is 11.8. The van der Waals surface area contributed by atoms with Gasteiger partial charge in [-0.1, -0.05) is 6.07 Å². The molecule has 1 aromatic carbocycles. The Morgan fingerprint density at radius 1 is 1.58 bits per heavy atom. The molecule has 1 aromatic rings. The Morgan fingerprint density at radius 2 is 2.16 bits per heavy atom. The molecule has 0 aliphatic carbocycles. The highest BCUT2D eigenvalue weighted by Gasteiger charge is 2.23. The average molecular weight is 293 g/mol. The number of benzene rings is 1. The van der Waals surface area contributed by atoms with E-state index in [2.05, 4.69) is 0 Å². The first kappa shape index (κ1) is 17.3. The molecule has 0 saturated carbocycles. The maximum Gasteiger partial charge on any atom is 0.320 e. The van der Waals surface area contributed by atoms with Crippen molar-refractivity contribution in [3.63, 3.8) is 0 Å². The minimum absolute atomic E-state index is 0. The summed E-state index contributed by atoms with van der Waals surface area (Å²) in [7, 11) is 1.47. The Balaban J connectivity index is 0.00000324. The molecule has 19 heavy (non-hydrogen) atoms. The van der Waals surface area contributed by atoms with Crippen LogP contribution < -0.4 is 0 Å². The lowest BCUT2D eigenvalue weighted by molar-refractivity contribution is -0.386. The van der Waals surface area contributed by atoms with Crippen LogP contribution in [-0.4, -0.2) is 34.0 Å². The molecule has 1 unspecified atom stereocenters. The molecule has 0 aromatic heterocycles. The third-order valence-electron chi connectivity index (χ3n) is 2.72. The Kier molecular flexibility index (Phi) is 6.37. The van der Waals surface area contributed by atoms with E-state index in [1.54, 1.807) is 0 Å². The largest absolute Gasteiger partial charge is 0.480 e. The second kappa shape index (κ2) is 7.01. The van der Waals surface area contributed by atoms with Gasteiger partial charge in [0, 0.05) is 12.6 Å². The van der Waals surface area contributed by atoms with Crippen LogP contribution >= 0.6 is 12.4 Å². The number of rotatable bonds is 5. The lowest BCUT2D eigenvalue weighted by atomic mass is 10.1. The number of carboxylic acid groups (broad SMARTS) is 1. The van der Waals surface area contributed by atoms with Crippen LogP contribution in [0.25, 0.3) is 0 Å². The third-order valence-corrected chi connectivity index (χ3v) is 2.72. The van der Waals surface area contributed by atoms with Crippen LogP contribution in [0.15, 0.2) is 18.2 Å². The summed E-state index contributed by atoms with van der Waals surface area (Å²) in [6.07, 6.45) is 0. The van der Waals surface area contributed by atoms with E-state index in [1.165, 1.54) is 31.0 Å². The maximum absolute atomic E-state index is 13.6. The number of nitrogens with zero attached hydrogens (tertiary/aromatic N) is 2. The summed E-state index contributed by atoms with van der Waals surface area (Å²) in [4.78, 5) is 22.2. The number of nitro benzene ring substituents is 1. The van der Waals surface area contributed by atoms with E-state index in [0.29, 0.717) is 0 Å². The zero-order valence-corrected chi connectivity index (χ0v) is 11.2. The van der Waals surface area contributed by atoms with E-state index < -0.39 is 22.8 Å². The van der Waals surface area contributed by atoms with Gasteiger partial charge in [0.25, 0.3) is 5.69 Å². The van der Waals surface area contributed by atoms with Gasteiger partial charge in [0.2, 0.25) is 0 Å². The SMILES string of the molecule is CC(C(=O)O)N(C)Cc1c(F)cccc1[N+](=O)[O-].Cl. The Bertz CT molecular complexity index is 484. The fourth-order valence-electron chi connectivity index (χ4n) is 1.45. The van der Waals surface area contributed by atoms with Crippen molar-refractivity contribution < 1.29 is 19.2 Å². The first-order valence-electron chi connectivity index (χ1n) is 5.19. The summed E-state index contributed by atoms with van der Waals surface area (Å²) >= 11 is 0. The minimum Gasteiger partial charge on any atom is -0.480 e. The van der Waals surface area contributed by atoms with E-state index in [9.17, 15) is 19.3 Å². The van der Waals surface area contributed by atoms with Crippen molar-refractivity contribution in [2.45, 2.75) is 19.5 Å². The number of nitro groups is 1. The second-order valence-electron chi connectivity index (χ2n) is 3.92. The van der Waals surface area contributed by atoms with Crippen LogP contribution in [0.1, 0.15) is 12.5 Å². The summed E-state index contributed by atoms with van der Waals surface area (Å²) in [6.45, 7) is 1.28. The molecule has 1 rings (SSSR count). The fraction of sp³-hybridized carbons (Fsp3) is 0.364. The van der Waals surface area contributed by atoms with E-state index in [-0.39, 0.29) is 30.2 Å². The van der Waals surface area contributed by atoms with E-state index in [4.69, 9.17) is 5.11 Å². The van der Waals surface area contributed by atoms with Crippen molar-refractivity contribution >= 4 is 24.1 Å². The predicted octanol–water partition coefficient (Wildman–Crippen LogP) is 2.06. The van der Waals surface area contributed by atoms with Crippen LogP contribution in [-0.2, 0) is 11.3 Å². The minimum atomic E-state index is -1.07. The van der Waals surface area contributed by atoms with Crippen molar-refractivity contribution in [2.24, 2.45) is 0 Å². The number of carbonyl (C=O) groups is 1. The molecule has 0 bridgehead atoms. The van der Waals surface area contributed by atoms with Gasteiger partial charge in [0.1, 0.15) is 11.9 Å². The summed E-state index contributed by atoms with van der Waals surface area (Å²) < 4.78 is 13.6. The molecule has 1 atom stereocenters. The highest BCUT2D eigenvalue weighted by atomic mass is 35.5. The van der Waals surface area contributed by atoms with Gasteiger partial charge in [-0.05, 0) is 20.0 Å². The van der Waals surface area contributed by atoms with Gasteiger partial charge >= 0.3 is 5.97 Å². The van der Waals surface area contributed by atoms with Gasteiger partial charge in [-0.25, -0.2) is 4.39 Å². The van der Waals surface area contributed by atoms with Gasteiger partial charge in [0.05, 0.1) is 10.5 Å². The molecule has 0 heterocycles. The van der Waals surface area contributed by atoms with Gasteiger partial charge in [-0.2, -0.15) is 0 Å². The molecule has 8 heteroatoms. The molecular weight excluding hydrogens is 279 g/mol. The van der Waals surface area contributed by atoms with Gasteiger partial charge in [-0.3, -0.25) is 19.8 Å². The van der Waals surface area contributed by atoms with Crippen molar-refractivity contribution in [3.05, 3.63) is 39.7 Å². The Labute approximate surface area is 115 Å². The molecule has 0 aliphatic rings. The Hall–Kier alpha value is -1.73. The molecule has 0 spiro atoms. The number of likely N-dealkylation sites (N-methyl/N-ethyl adjacent to an activating group) is 1. The molecular formula is C11H14ClFN2O4. The molecule has 6 nitrogen and oxygen atoms in total. The summed E-state index contributed by atoms with van der Waals surface area (Å²) in [5, 5.41) is 19.6. The fourth-order valence-corrected chi connectivity index (χ4v) is 1.45.